The van der Waals surface area contributed by atoms with Gasteiger partial charge in [0.25, 0.3) is 0 Å². The molecule has 0 N–H and O–H groups in total. The highest BCUT2D eigenvalue weighted by atomic mass is 32.2. The van der Waals surface area contributed by atoms with E-state index in [1.807, 2.05) is 11.8 Å². The smallest absolute Gasteiger partial charge is 0.0581 e. The second kappa shape index (κ2) is 8.23. The van der Waals surface area contributed by atoms with E-state index in [1.54, 1.807) is 0 Å². The van der Waals surface area contributed by atoms with Gasteiger partial charge in [-0.1, -0.05) is 19.1 Å². The molecular formula is C13H24OS. The summed E-state index contributed by atoms with van der Waals surface area (Å²) in [5.41, 5.74) is 0. The van der Waals surface area contributed by atoms with Gasteiger partial charge in [-0.25, -0.2) is 0 Å². The number of rotatable bonds is 7. The maximum atomic E-state index is 5.70. The van der Waals surface area contributed by atoms with Crippen molar-refractivity contribution in [3.05, 3.63) is 12.2 Å². The van der Waals surface area contributed by atoms with Gasteiger partial charge >= 0.3 is 0 Å². The van der Waals surface area contributed by atoms with Crippen LogP contribution in [0.4, 0.5) is 0 Å². The molecule has 2 atom stereocenters. The lowest BCUT2D eigenvalue weighted by atomic mass is 9.96. The summed E-state index contributed by atoms with van der Waals surface area (Å²) < 4.78 is 5.70. The Balaban J connectivity index is 2.29. The maximum Gasteiger partial charge on any atom is 0.0581 e. The van der Waals surface area contributed by atoms with Crippen molar-refractivity contribution in [3.8, 4) is 0 Å². The highest BCUT2D eigenvalue weighted by Crippen LogP contribution is 2.23. The molecule has 0 aromatic rings. The van der Waals surface area contributed by atoms with Gasteiger partial charge < -0.3 is 4.74 Å². The van der Waals surface area contributed by atoms with Crippen LogP contribution < -0.4 is 0 Å². The summed E-state index contributed by atoms with van der Waals surface area (Å²) >= 11 is 1.95. The first kappa shape index (κ1) is 13.1. The van der Waals surface area contributed by atoms with E-state index in [4.69, 9.17) is 4.74 Å². The van der Waals surface area contributed by atoms with Gasteiger partial charge in [-0.2, -0.15) is 11.8 Å². The second-order valence-corrected chi connectivity index (χ2v) is 5.23. The van der Waals surface area contributed by atoms with Crippen molar-refractivity contribution in [2.45, 2.75) is 45.1 Å². The zero-order valence-corrected chi connectivity index (χ0v) is 10.9. The van der Waals surface area contributed by atoms with Crippen LogP contribution in [-0.4, -0.2) is 24.7 Å². The third kappa shape index (κ3) is 5.62. The Hall–Kier alpha value is 0.0500. The highest BCUT2D eigenvalue weighted by molar-refractivity contribution is 7.98. The van der Waals surface area contributed by atoms with Gasteiger partial charge in [-0.05, 0) is 50.0 Å². The lowest BCUT2D eigenvalue weighted by Crippen LogP contribution is -2.12. The Morgan fingerprint density at radius 2 is 2.40 bits per heavy atom. The molecule has 0 bridgehead atoms. The van der Waals surface area contributed by atoms with Crippen LogP contribution in [0, 0.1) is 5.92 Å². The molecule has 1 saturated heterocycles. The SMILES string of the molecule is CCC=CC(CCSC)CC1CCCO1. The Morgan fingerprint density at radius 3 is 3.00 bits per heavy atom. The molecule has 0 saturated carbocycles. The molecule has 88 valence electrons. The maximum absolute atomic E-state index is 5.70. The minimum Gasteiger partial charge on any atom is -0.378 e. The fourth-order valence-electron chi connectivity index (χ4n) is 2.06. The van der Waals surface area contributed by atoms with Crippen LogP contribution in [0.1, 0.15) is 39.0 Å². The van der Waals surface area contributed by atoms with Crippen molar-refractivity contribution >= 4 is 11.8 Å². The lowest BCUT2D eigenvalue weighted by molar-refractivity contribution is 0.0946. The molecule has 2 heteroatoms. The Kier molecular flexibility index (Phi) is 7.20. The molecule has 0 spiro atoms. The quantitative estimate of drug-likeness (QED) is 0.611. The second-order valence-electron chi connectivity index (χ2n) is 4.25. The Morgan fingerprint density at radius 1 is 1.53 bits per heavy atom. The van der Waals surface area contributed by atoms with Crippen molar-refractivity contribution in [1.82, 2.24) is 0 Å². The van der Waals surface area contributed by atoms with E-state index in [2.05, 4.69) is 25.3 Å². The summed E-state index contributed by atoms with van der Waals surface area (Å²) in [6.45, 7) is 3.19. The summed E-state index contributed by atoms with van der Waals surface area (Å²) in [5.74, 6) is 2.01. The van der Waals surface area contributed by atoms with E-state index >= 15 is 0 Å². The third-order valence-electron chi connectivity index (χ3n) is 2.93. The fraction of sp³-hybridized carbons (Fsp3) is 0.846. The van der Waals surface area contributed by atoms with Crippen molar-refractivity contribution in [1.29, 1.82) is 0 Å². The summed E-state index contributed by atoms with van der Waals surface area (Å²) in [7, 11) is 0. The molecule has 2 unspecified atom stereocenters. The molecule has 0 aromatic heterocycles. The molecule has 1 rings (SSSR count). The average molecular weight is 228 g/mol. The van der Waals surface area contributed by atoms with E-state index in [-0.39, 0.29) is 0 Å². The molecule has 1 aliphatic rings. The van der Waals surface area contributed by atoms with Crippen molar-refractivity contribution < 1.29 is 4.74 Å². The molecular weight excluding hydrogens is 204 g/mol. The Labute approximate surface area is 98.7 Å². The normalized spacial score (nSPS) is 23.7. The topological polar surface area (TPSA) is 9.23 Å². The average Bonchev–Trinajstić information content (AvgIpc) is 2.74. The van der Waals surface area contributed by atoms with Crippen LogP contribution in [0.25, 0.3) is 0 Å². The molecule has 0 amide bonds. The van der Waals surface area contributed by atoms with E-state index in [9.17, 15) is 0 Å². The van der Waals surface area contributed by atoms with Gasteiger partial charge in [-0.3, -0.25) is 0 Å². The van der Waals surface area contributed by atoms with Crippen LogP contribution in [0.2, 0.25) is 0 Å². The number of allylic oxidation sites excluding steroid dienone is 2. The largest absolute Gasteiger partial charge is 0.378 e. The van der Waals surface area contributed by atoms with Gasteiger partial charge in [0.15, 0.2) is 0 Å². The number of ether oxygens (including phenoxy) is 1. The van der Waals surface area contributed by atoms with E-state index in [0.717, 1.165) is 18.9 Å². The van der Waals surface area contributed by atoms with Crippen LogP contribution >= 0.6 is 11.8 Å². The van der Waals surface area contributed by atoms with Crippen LogP contribution in [0.15, 0.2) is 12.2 Å². The van der Waals surface area contributed by atoms with Crippen LogP contribution in [0.5, 0.6) is 0 Å². The summed E-state index contributed by atoms with van der Waals surface area (Å²) in [5, 5.41) is 0. The first-order valence-corrected chi connectivity index (χ1v) is 7.53. The van der Waals surface area contributed by atoms with Crippen molar-refractivity contribution in [3.63, 3.8) is 0 Å². The van der Waals surface area contributed by atoms with Gasteiger partial charge in [0, 0.05) is 6.61 Å². The van der Waals surface area contributed by atoms with Crippen LogP contribution in [-0.2, 0) is 4.74 Å². The molecule has 1 nitrogen and oxygen atoms in total. The van der Waals surface area contributed by atoms with Gasteiger partial charge in [0.05, 0.1) is 6.10 Å². The van der Waals surface area contributed by atoms with Crippen LogP contribution in [0.3, 0.4) is 0 Å². The van der Waals surface area contributed by atoms with E-state index < -0.39 is 0 Å². The number of hydrogen-bond donors (Lipinski definition) is 0. The minimum absolute atomic E-state index is 0.540. The molecule has 15 heavy (non-hydrogen) atoms. The minimum atomic E-state index is 0.540. The summed E-state index contributed by atoms with van der Waals surface area (Å²) in [6, 6.07) is 0. The molecule has 0 aliphatic carbocycles. The predicted molar refractivity (Wildman–Crippen MR) is 69.5 cm³/mol. The number of thioether (sulfide) groups is 1. The predicted octanol–water partition coefficient (Wildman–Crippen LogP) is 3.89. The molecule has 1 heterocycles. The number of hydrogen-bond acceptors (Lipinski definition) is 2. The van der Waals surface area contributed by atoms with Crippen molar-refractivity contribution in [2.75, 3.05) is 18.6 Å². The monoisotopic (exact) mass is 228 g/mol. The fourth-order valence-corrected chi connectivity index (χ4v) is 2.60. The van der Waals surface area contributed by atoms with Gasteiger partial charge in [0.2, 0.25) is 0 Å². The van der Waals surface area contributed by atoms with Gasteiger partial charge in [0.1, 0.15) is 0 Å². The Bertz CT molecular complexity index is 173. The molecule has 1 fully saturated rings. The zero-order chi connectivity index (χ0) is 10.9. The zero-order valence-electron chi connectivity index (χ0n) is 10.1. The first-order valence-electron chi connectivity index (χ1n) is 6.14. The lowest BCUT2D eigenvalue weighted by Gasteiger charge is -2.16. The summed E-state index contributed by atoms with van der Waals surface area (Å²) in [6.07, 6.45) is 13.7. The highest BCUT2D eigenvalue weighted by Gasteiger charge is 2.18. The molecule has 0 aromatic carbocycles. The van der Waals surface area contributed by atoms with E-state index in [0.29, 0.717) is 6.10 Å². The molecule has 0 radical (unpaired) electrons. The summed E-state index contributed by atoms with van der Waals surface area (Å²) in [4.78, 5) is 0. The standard InChI is InChI=1S/C13H24OS/c1-3-4-6-12(8-10-15-2)11-13-7-5-9-14-13/h4,6,12-13H,3,5,7-11H2,1-2H3. The third-order valence-corrected chi connectivity index (χ3v) is 3.57. The van der Waals surface area contributed by atoms with Gasteiger partial charge in [-0.15, -0.1) is 0 Å². The first-order chi connectivity index (χ1) is 7.36. The van der Waals surface area contributed by atoms with Crippen molar-refractivity contribution in [2.24, 2.45) is 5.92 Å². The molecule has 1 aliphatic heterocycles. The van der Waals surface area contributed by atoms with E-state index in [1.165, 1.54) is 31.4 Å².